The first-order valence-electron chi connectivity index (χ1n) is 9.03. The van der Waals surface area contributed by atoms with E-state index >= 15 is 0 Å². The van der Waals surface area contributed by atoms with Gasteiger partial charge in [-0.1, -0.05) is 0 Å². The number of hydrogen-bond donors (Lipinski definition) is 3. The minimum absolute atomic E-state index is 0.122. The molecular formula is C19H31FN4O3. The molecule has 27 heavy (non-hydrogen) atoms. The highest BCUT2D eigenvalue weighted by atomic mass is 19.1. The summed E-state index contributed by atoms with van der Waals surface area (Å²) in [5, 5.41) is 9.02. The Kier molecular flexibility index (Phi) is 9.39. The van der Waals surface area contributed by atoms with Gasteiger partial charge in [0, 0.05) is 20.1 Å². The Labute approximate surface area is 160 Å². The molecule has 0 heterocycles. The average molecular weight is 382 g/mol. The Morgan fingerprint density at radius 2 is 1.78 bits per heavy atom. The van der Waals surface area contributed by atoms with Crippen molar-refractivity contribution in [3.05, 3.63) is 30.1 Å². The zero-order chi connectivity index (χ0) is 20.3. The number of amides is 1. The van der Waals surface area contributed by atoms with Gasteiger partial charge < -0.3 is 25.4 Å². The number of guanidine groups is 1. The van der Waals surface area contributed by atoms with Gasteiger partial charge in [-0.3, -0.25) is 4.99 Å². The molecule has 1 rings (SSSR count). The van der Waals surface area contributed by atoms with Crippen LogP contribution in [-0.2, 0) is 4.74 Å². The molecule has 7 nitrogen and oxygen atoms in total. The van der Waals surface area contributed by atoms with Crippen LogP contribution in [0.3, 0.4) is 0 Å². The number of rotatable bonds is 8. The highest BCUT2D eigenvalue weighted by molar-refractivity contribution is 5.79. The van der Waals surface area contributed by atoms with Gasteiger partial charge in [0.2, 0.25) is 0 Å². The van der Waals surface area contributed by atoms with Crippen molar-refractivity contribution < 1.29 is 18.7 Å². The van der Waals surface area contributed by atoms with Gasteiger partial charge in [-0.15, -0.1) is 0 Å². The lowest BCUT2D eigenvalue weighted by atomic mass is 10.2. The van der Waals surface area contributed by atoms with E-state index in [-0.39, 0.29) is 11.9 Å². The van der Waals surface area contributed by atoms with Gasteiger partial charge in [0.25, 0.3) is 0 Å². The molecule has 152 valence electrons. The fourth-order valence-electron chi connectivity index (χ4n) is 2.05. The molecule has 0 fully saturated rings. The number of ether oxygens (including phenoxy) is 2. The zero-order valence-electron chi connectivity index (χ0n) is 16.8. The molecule has 3 N–H and O–H groups in total. The minimum atomic E-state index is -0.499. The van der Waals surface area contributed by atoms with Gasteiger partial charge in [0.1, 0.15) is 23.3 Å². The van der Waals surface area contributed by atoms with Crippen molar-refractivity contribution in [2.45, 2.75) is 45.8 Å². The predicted molar refractivity (Wildman–Crippen MR) is 105 cm³/mol. The lowest BCUT2D eigenvalue weighted by molar-refractivity contribution is 0.0527. The van der Waals surface area contributed by atoms with Crippen molar-refractivity contribution in [1.29, 1.82) is 0 Å². The summed E-state index contributed by atoms with van der Waals surface area (Å²) in [6, 6.07) is 5.91. The van der Waals surface area contributed by atoms with E-state index in [0.29, 0.717) is 31.3 Å². The van der Waals surface area contributed by atoms with Crippen LogP contribution in [0.15, 0.2) is 29.3 Å². The predicted octanol–water partition coefficient (Wildman–Crippen LogP) is 2.67. The molecule has 0 aromatic heterocycles. The first-order chi connectivity index (χ1) is 12.7. The number of hydrogen-bond acceptors (Lipinski definition) is 4. The third-order valence-electron chi connectivity index (χ3n) is 3.25. The maximum Gasteiger partial charge on any atom is 0.407 e. The Bertz CT molecular complexity index is 600. The molecule has 8 heteroatoms. The monoisotopic (exact) mass is 382 g/mol. The molecule has 0 saturated heterocycles. The lowest BCUT2D eigenvalue weighted by Crippen LogP contribution is -2.42. The summed E-state index contributed by atoms with van der Waals surface area (Å²) in [5.41, 5.74) is -0.499. The van der Waals surface area contributed by atoms with E-state index in [2.05, 4.69) is 20.9 Å². The van der Waals surface area contributed by atoms with Crippen LogP contribution in [0.4, 0.5) is 9.18 Å². The summed E-state index contributed by atoms with van der Waals surface area (Å²) >= 11 is 0. The Hall–Kier alpha value is -2.51. The maximum absolute atomic E-state index is 12.9. The van der Waals surface area contributed by atoms with E-state index in [0.717, 1.165) is 6.42 Å². The number of halogens is 1. The Morgan fingerprint density at radius 3 is 2.37 bits per heavy atom. The van der Waals surface area contributed by atoms with Crippen LogP contribution in [0.5, 0.6) is 5.75 Å². The number of nitrogens with zero attached hydrogens (tertiary/aromatic N) is 1. The van der Waals surface area contributed by atoms with Crippen molar-refractivity contribution >= 4 is 12.1 Å². The zero-order valence-corrected chi connectivity index (χ0v) is 16.8. The molecule has 1 unspecified atom stereocenters. The quantitative estimate of drug-likeness (QED) is 0.366. The van der Waals surface area contributed by atoms with Crippen LogP contribution in [0.25, 0.3) is 0 Å². The van der Waals surface area contributed by atoms with Crippen LogP contribution in [0, 0.1) is 5.82 Å². The van der Waals surface area contributed by atoms with Crippen molar-refractivity contribution in [3.63, 3.8) is 0 Å². The smallest absolute Gasteiger partial charge is 0.407 e. The van der Waals surface area contributed by atoms with Gasteiger partial charge >= 0.3 is 6.09 Å². The van der Waals surface area contributed by atoms with Crippen LogP contribution in [-0.4, -0.2) is 50.4 Å². The average Bonchev–Trinajstić information content (AvgIpc) is 2.57. The van der Waals surface area contributed by atoms with Gasteiger partial charge in [0.05, 0.1) is 6.54 Å². The van der Waals surface area contributed by atoms with E-state index in [1.165, 1.54) is 12.1 Å². The van der Waals surface area contributed by atoms with Crippen molar-refractivity contribution in [1.82, 2.24) is 16.0 Å². The second-order valence-electron chi connectivity index (χ2n) is 7.04. The van der Waals surface area contributed by atoms with Gasteiger partial charge in [-0.25, -0.2) is 9.18 Å². The van der Waals surface area contributed by atoms with Crippen LogP contribution < -0.4 is 20.7 Å². The van der Waals surface area contributed by atoms with E-state index < -0.39 is 11.7 Å². The molecule has 1 atom stereocenters. The summed E-state index contributed by atoms with van der Waals surface area (Å²) < 4.78 is 23.8. The fraction of sp³-hybridized carbons (Fsp3) is 0.579. The third-order valence-corrected chi connectivity index (χ3v) is 3.25. The van der Waals surface area contributed by atoms with Crippen molar-refractivity contribution in [2.24, 2.45) is 4.99 Å². The van der Waals surface area contributed by atoms with Gasteiger partial charge in [0.15, 0.2) is 5.96 Å². The van der Waals surface area contributed by atoms with E-state index in [9.17, 15) is 9.18 Å². The molecule has 0 aliphatic rings. The molecule has 0 bridgehead atoms. The lowest BCUT2D eigenvalue weighted by Gasteiger charge is -2.20. The largest absolute Gasteiger partial charge is 0.489 e. The van der Waals surface area contributed by atoms with Crippen molar-refractivity contribution in [2.75, 3.05) is 26.7 Å². The van der Waals surface area contributed by atoms with Gasteiger partial charge in [-0.2, -0.15) is 0 Å². The first-order valence-corrected chi connectivity index (χ1v) is 9.03. The summed E-state index contributed by atoms with van der Waals surface area (Å²) in [6.07, 6.45) is 0.182. The SMILES string of the molecule is CN=C(NCCCNC(=O)OC(C)(C)C)NCC(C)Oc1ccc(F)cc1. The molecule has 1 amide bonds. The molecule has 0 spiro atoms. The molecule has 0 radical (unpaired) electrons. The fourth-order valence-corrected chi connectivity index (χ4v) is 2.05. The standard InChI is InChI=1S/C19H31FN4O3/c1-14(26-16-9-7-15(20)8-10-16)13-24-17(21-5)22-11-6-12-23-18(25)27-19(2,3)4/h7-10,14H,6,11-13H2,1-5H3,(H,23,25)(H2,21,22,24). The minimum Gasteiger partial charge on any atom is -0.489 e. The molecule has 0 aliphatic carbocycles. The number of carbonyl (C=O) groups excluding carboxylic acids is 1. The van der Waals surface area contributed by atoms with E-state index in [1.807, 2.05) is 27.7 Å². The summed E-state index contributed by atoms with van der Waals surface area (Å²) in [4.78, 5) is 15.7. The second kappa shape index (κ2) is 11.3. The van der Waals surface area contributed by atoms with E-state index in [4.69, 9.17) is 9.47 Å². The highest BCUT2D eigenvalue weighted by Crippen LogP contribution is 2.12. The van der Waals surface area contributed by atoms with Crippen LogP contribution in [0.2, 0.25) is 0 Å². The molecule has 1 aromatic rings. The molecule has 1 aromatic carbocycles. The van der Waals surface area contributed by atoms with E-state index in [1.54, 1.807) is 19.2 Å². The number of benzene rings is 1. The van der Waals surface area contributed by atoms with Crippen LogP contribution >= 0.6 is 0 Å². The normalized spacial score (nSPS) is 12.9. The Morgan fingerprint density at radius 1 is 1.15 bits per heavy atom. The first kappa shape index (κ1) is 22.5. The van der Waals surface area contributed by atoms with Crippen molar-refractivity contribution in [3.8, 4) is 5.75 Å². The van der Waals surface area contributed by atoms with Gasteiger partial charge in [-0.05, 0) is 58.4 Å². The number of carbonyl (C=O) groups is 1. The summed E-state index contributed by atoms with van der Waals surface area (Å²) in [6.45, 7) is 9.06. The molecular weight excluding hydrogens is 351 g/mol. The number of alkyl carbamates (subject to hydrolysis) is 1. The maximum atomic E-state index is 12.9. The summed E-state index contributed by atoms with van der Waals surface area (Å²) in [5.74, 6) is 0.961. The topological polar surface area (TPSA) is 84.0 Å². The summed E-state index contributed by atoms with van der Waals surface area (Å²) in [7, 11) is 1.68. The second-order valence-corrected chi connectivity index (χ2v) is 7.04. The molecule has 0 aliphatic heterocycles. The van der Waals surface area contributed by atoms with Crippen LogP contribution in [0.1, 0.15) is 34.1 Å². The highest BCUT2D eigenvalue weighted by Gasteiger charge is 2.15. The number of aliphatic imine (C=N–C) groups is 1. The Balaban J connectivity index is 2.19. The molecule has 0 saturated carbocycles. The number of nitrogens with one attached hydrogen (secondary N) is 3. The third kappa shape index (κ3) is 10.9.